The number of rotatable bonds is 4. The van der Waals surface area contributed by atoms with Crippen LogP contribution in [0.2, 0.25) is 0 Å². The van der Waals surface area contributed by atoms with Gasteiger partial charge < -0.3 is 14.7 Å². The molecule has 2 N–H and O–H groups in total. The summed E-state index contributed by atoms with van der Waals surface area (Å²) in [7, 11) is 1.84. The van der Waals surface area contributed by atoms with Crippen molar-refractivity contribution >= 4 is 11.0 Å². The highest BCUT2D eigenvalue weighted by atomic mass is 19.1. The van der Waals surface area contributed by atoms with E-state index in [0.717, 1.165) is 0 Å². The third-order valence-electron chi connectivity index (χ3n) is 5.96. The number of hydrogen-bond donors (Lipinski definition) is 1. The molecule has 5 rings (SSSR count). The standard InChI is InChI=1S/C27H18FN5O/c1-33-16-32-15-24(33)27(31,21-7-5-17(13-29)6-8-21)25-12-20-9-18(14-30)10-23(26(20)34-25)19-3-2-4-22(28)11-19/h2-12,15-16H,31H2,1H3. The summed E-state index contributed by atoms with van der Waals surface area (Å²) in [5.74, 6) is 0.0315. The molecule has 34 heavy (non-hydrogen) atoms. The predicted molar refractivity (Wildman–Crippen MR) is 125 cm³/mol. The highest BCUT2D eigenvalue weighted by molar-refractivity contribution is 5.94. The van der Waals surface area contributed by atoms with Gasteiger partial charge in [-0.15, -0.1) is 0 Å². The van der Waals surface area contributed by atoms with Gasteiger partial charge in [0.1, 0.15) is 22.7 Å². The largest absolute Gasteiger partial charge is 0.458 e. The van der Waals surface area contributed by atoms with E-state index in [-0.39, 0.29) is 5.82 Å². The van der Waals surface area contributed by atoms with E-state index in [1.807, 2.05) is 7.05 Å². The molecule has 1 unspecified atom stereocenters. The topological polar surface area (TPSA) is 105 Å². The first-order valence-corrected chi connectivity index (χ1v) is 10.4. The zero-order valence-electron chi connectivity index (χ0n) is 18.2. The lowest BCUT2D eigenvalue weighted by molar-refractivity contribution is 0.445. The second-order valence-electron chi connectivity index (χ2n) is 8.06. The second kappa shape index (κ2) is 8.00. The van der Waals surface area contributed by atoms with Crippen molar-refractivity contribution in [1.82, 2.24) is 9.55 Å². The highest BCUT2D eigenvalue weighted by Crippen LogP contribution is 2.40. The van der Waals surface area contributed by atoms with Gasteiger partial charge in [0.25, 0.3) is 0 Å². The van der Waals surface area contributed by atoms with Crippen molar-refractivity contribution in [2.45, 2.75) is 5.54 Å². The first-order valence-electron chi connectivity index (χ1n) is 10.4. The average molecular weight is 447 g/mol. The zero-order valence-corrected chi connectivity index (χ0v) is 18.2. The summed E-state index contributed by atoms with van der Waals surface area (Å²) in [6, 6.07) is 22.6. The number of imidazole rings is 1. The van der Waals surface area contributed by atoms with Crippen LogP contribution in [0, 0.1) is 28.5 Å². The molecule has 1 atom stereocenters. The molecule has 7 heteroatoms. The Bertz CT molecular complexity index is 1620. The molecule has 0 saturated carbocycles. The van der Waals surface area contributed by atoms with Gasteiger partial charge in [-0.3, -0.25) is 0 Å². The molecule has 0 bridgehead atoms. The van der Waals surface area contributed by atoms with Crippen LogP contribution < -0.4 is 5.73 Å². The van der Waals surface area contributed by atoms with Gasteiger partial charge in [-0.25, -0.2) is 9.37 Å². The van der Waals surface area contributed by atoms with E-state index in [1.165, 1.54) is 12.1 Å². The van der Waals surface area contributed by atoms with Crippen LogP contribution in [0.4, 0.5) is 4.39 Å². The molecule has 0 aliphatic carbocycles. The van der Waals surface area contributed by atoms with E-state index in [2.05, 4.69) is 17.1 Å². The van der Waals surface area contributed by atoms with Crippen molar-refractivity contribution in [3.63, 3.8) is 0 Å². The Morgan fingerprint density at radius 3 is 2.41 bits per heavy atom. The molecular formula is C27H18FN5O. The second-order valence-corrected chi connectivity index (χ2v) is 8.06. The van der Waals surface area contributed by atoms with Gasteiger partial charge in [0.05, 0.1) is 41.5 Å². The quantitative estimate of drug-likeness (QED) is 0.419. The van der Waals surface area contributed by atoms with E-state index in [9.17, 15) is 14.9 Å². The Kier molecular flexibility index (Phi) is 4.98. The molecule has 0 spiro atoms. The molecule has 164 valence electrons. The van der Waals surface area contributed by atoms with Gasteiger partial charge in [-0.2, -0.15) is 10.5 Å². The van der Waals surface area contributed by atoms with Crippen LogP contribution in [0.25, 0.3) is 22.1 Å². The molecule has 5 aromatic rings. The van der Waals surface area contributed by atoms with E-state index < -0.39 is 5.54 Å². The van der Waals surface area contributed by atoms with Crippen LogP contribution in [0.3, 0.4) is 0 Å². The number of hydrogen-bond acceptors (Lipinski definition) is 5. The SMILES string of the molecule is Cn1cncc1C(N)(c1ccc(C#N)cc1)c1cc2cc(C#N)cc(-c3cccc(F)c3)c2o1. The highest BCUT2D eigenvalue weighted by Gasteiger charge is 2.38. The molecule has 0 aliphatic heterocycles. The Morgan fingerprint density at radius 2 is 1.76 bits per heavy atom. The minimum absolute atomic E-state index is 0.388. The summed E-state index contributed by atoms with van der Waals surface area (Å²) in [5, 5.41) is 19.5. The zero-order chi connectivity index (χ0) is 23.9. The van der Waals surface area contributed by atoms with Crippen molar-refractivity contribution in [3.05, 3.63) is 113 Å². The van der Waals surface area contributed by atoms with Gasteiger partial charge in [-0.1, -0.05) is 24.3 Å². The van der Waals surface area contributed by atoms with Gasteiger partial charge in [0, 0.05) is 18.0 Å². The summed E-state index contributed by atoms with van der Waals surface area (Å²) in [6.45, 7) is 0. The number of benzene rings is 3. The lowest BCUT2D eigenvalue weighted by Gasteiger charge is -2.28. The Morgan fingerprint density at radius 1 is 1.00 bits per heavy atom. The summed E-state index contributed by atoms with van der Waals surface area (Å²) in [5.41, 5.74) is 9.80. The maximum absolute atomic E-state index is 14.0. The molecule has 0 amide bonds. The molecule has 6 nitrogen and oxygen atoms in total. The normalized spacial score (nSPS) is 12.7. The third kappa shape index (κ3) is 3.32. The summed E-state index contributed by atoms with van der Waals surface area (Å²) in [6.07, 6.45) is 3.31. The Hall–Kier alpha value is -4.72. The van der Waals surface area contributed by atoms with Crippen molar-refractivity contribution in [2.24, 2.45) is 12.8 Å². The van der Waals surface area contributed by atoms with E-state index >= 15 is 0 Å². The number of nitrogens with two attached hydrogens (primary N) is 1. The van der Waals surface area contributed by atoms with Crippen LogP contribution >= 0.6 is 0 Å². The fourth-order valence-corrected chi connectivity index (χ4v) is 4.24. The molecule has 2 heterocycles. The Labute approximate surface area is 194 Å². The van der Waals surface area contributed by atoms with Gasteiger partial charge in [-0.05, 0) is 53.6 Å². The van der Waals surface area contributed by atoms with Crippen LogP contribution in [-0.4, -0.2) is 9.55 Å². The molecule has 0 aliphatic rings. The van der Waals surface area contributed by atoms with Crippen LogP contribution in [0.1, 0.15) is 28.1 Å². The maximum Gasteiger partial charge on any atom is 0.142 e. The minimum atomic E-state index is -1.25. The van der Waals surface area contributed by atoms with E-state index in [4.69, 9.17) is 10.2 Å². The van der Waals surface area contributed by atoms with Crippen molar-refractivity contribution in [2.75, 3.05) is 0 Å². The molecule has 2 aromatic heterocycles. The van der Waals surface area contributed by atoms with E-state index in [0.29, 0.717) is 50.2 Å². The number of halogens is 1. The number of furan rings is 1. The first-order chi connectivity index (χ1) is 16.4. The van der Waals surface area contributed by atoms with Gasteiger partial charge in [0.15, 0.2) is 0 Å². The number of nitriles is 2. The molecular weight excluding hydrogens is 429 g/mol. The smallest absolute Gasteiger partial charge is 0.142 e. The van der Waals surface area contributed by atoms with Crippen molar-refractivity contribution in [1.29, 1.82) is 10.5 Å². The number of fused-ring (bicyclic) bond motifs is 1. The molecule has 0 saturated heterocycles. The summed E-state index contributed by atoms with van der Waals surface area (Å²) in [4.78, 5) is 4.23. The average Bonchev–Trinajstić information content (AvgIpc) is 3.49. The lowest BCUT2D eigenvalue weighted by atomic mass is 9.84. The van der Waals surface area contributed by atoms with E-state index in [1.54, 1.807) is 71.7 Å². The fourth-order valence-electron chi connectivity index (χ4n) is 4.24. The first kappa shape index (κ1) is 21.1. The van der Waals surface area contributed by atoms with Crippen molar-refractivity contribution in [3.8, 4) is 23.3 Å². The summed E-state index contributed by atoms with van der Waals surface area (Å²) >= 11 is 0. The van der Waals surface area contributed by atoms with Crippen LogP contribution in [-0.2, 0) is 12.6 Å². The van der Waals surface area contributed by atoms with Crippen LogP contribution in [0.5, 0.6) is 0 Å². The number of aromatic nitrogens is 2. The molecule has 3 aromatic carbocycles. The monoisotopic (exact) mass is 447 g/mol. The number of nitrogens with zero attached hydrogens (tertiary/aromatic N) is 4. The lowest BCUT2D eigenvalue weighted by Crippen LogP contribution is -2.40. The van der Waals surface area contributed by atoms with Crippen LogP contribution in [0.15, 0.2) is 83.7 Å². The maximum atomic E-state index is 14.0. The Balaban J connectivity index is 1.80. The molecule has 0 radical (unpaired) electrons. The fraction of sp³-hybridized carbons (Fsp3) is 0.0741. The van der Waals surface area contributed by atoms with Gasteiger partial charge in [0.2, 0.25) is 0 Å². The van der Waals surface area contributed by atoms with Crippen molar-refractivity contribution < 1.29 is 8.81 Å². The predicted octanol–water partition coefficient (Wildman–Crippen LogP) is 4.97. The minimum Gasteiger partial charge on any atom is -0.458 e. The van der Waals surface area contributed by atoms with Gasteiger partial charge >= 0.3 is 0 Å². The number of aryl methyl sites for hydroxylation is 1. The summed E-state index contributed by atoms with van der Waals surface area (Å²) < 4.78 is 22.2. The molecule has 0 fully saturated rings. The third-order valence-corrected chi connectivity index (χ3v) is 5.96.